The summed E-state index contributed by atoms with van der Waals surface area (Å²) >= 11 is 1.49. The molecule has 2 aromatic carbocycles. The summed E-state index contributed by atoms with van der Waals surface area (Å²) in [6.07, 6.45) is 0. The monoisotopic (exact) mass is 345 g/mol. The van der Waals surface area contributed by atoms with Crippen LogP contribution in [0.1, 0.15) is 16.8 Å². The zero-order valence-corrected chi connectivity index (χ0v) is 14.3. The maximum atomic E-state index is 13.0. The van der Waals surface area contributed by atoms with E-state index in [-0.39, 0.29) is 5.82 Å². The Morgan fingerprint density at radius 3 is 2.43 bits per heavy atom. The molecule has 1 atom stereocenters. The van der Waals surface area contributed by atoms with Crippen molar-refractivity contribution < 1.29 is 8.60 Å². The smallest absolute Gasteiger partial charge is 0.123 e. The summed E-state index contributed by atoms with van der Waals surface area (Å²) in [5.74, 6) is 0.708. The maximum Gasteiger partial charge on any atom is 0.123 e. The quantitative estimate of drug-likeness (QED) is 0.670. The van der Waals surface area contributed by atoms with Crippen LogP contribution in [0.5, 0.6) is 0 Å². The number of aromatic nitrogens is 1. The van der Waals surface area contributed by atoms with Gasteiger partial charge >= 0.3 is 0 Å². The highest BCUT2D eigenvalue weighted by Crippen LogP contribution is 2.24. The summed E-state index contributed by atoms with van der Waals surface area (Å²) in [7, 11) is -0.991. The molecule has 0 bridgehead atoms. The molecule has 0 saturated heterocycles. The van der Waals surface area contributed by atoms with Gasteiger partial charge in [-0.05, 0) is 36.8 Å². The van der Waals surface area contributed by atoms with E-state index >= 15 is 0 Å². The highest BCUT2D eigenvalue weighted by Gasteiger charge is 2.09. The molecule has 1 heterocycles. The molecule has 0 aliphatic heterocycles. The first kappa shape index (κ1) is 16.0. The molecule has 1 aromatic heterocycles. The van der Waals surface area contributed by atoms with Crippen LogP contribution in [-0.2, 0) is 22.3 Å². The van der Waals surface area contributed by atoms with Crippen LogP contribution in [0.15, 0.2) is 53.9 Å². The highest BCUT2D eigenvalue weighted by atomic mass is 32.2. The summed E-state index contributed by atoms with van der Waals surface area (Å²) in [4.78, 5) is 4.51. The van der Waals surface area contributed by atoms with Crippen molar-refractivity contribution in [2.75, 3.05) is 0 Å². The van der Waals surface area contributed by atoms with Crippen molar-refractivity contribution in [3.63, 3.8) is 0 Å². The van der Waals surface area contributed by atoms with Crippen molar-refractivity contribution in [3.8, 4) is 10.6 Å². The molecule has 5 heteroatoms. The van der Waals surface area contributed by atoms with Crippen LogP contribution in [-0.4, -0.2) is 9.19 Å². The molecule has 23 heavy (non-hydrogen) atoms. The van der Waals surface area contributed by atoms with Gasteiger partial charge in [0.25, 0.3) is 0 Å². The summed E-state index contributed by atoms with van der Waals surface area (Å²) in [6, 6.07) is 14.3. The van der Waals surface area contributed by atoms with Gasteiger partial charge in [-0.15, -0.1) is 11.3 Å². The van der Waals surface area contributed by atoms with Crippen molar-refractivity contribution in [2.24, 2.45) is 0 Å². The number of nitrogens with zero attached hydrogens (tertiary/aromatic N) is 1. The van der Waals surface area contributed by atoms with E-state index in [1.54, 1.807) is 12.1 Å². The van der Waals surface area contributed by atoms with Crippen LogP contribution in [0.3, 0.4) is 0 Å². The SMILES string of the molecule is Cc1ccc(CS(=O)Cc2csc(-c3ccc(F)cc3)n2)cc1. The molecule has 1 unspecified atom stereocenters. The van der Waals surface area contributed by atoms with E-state index in [0.29, 0.717) is 11.5 Å². The van der Waals surface area contributed by atoms with Crippen molar-refractivity contribution in [1.82, 2.24) is 4.98 Å². The lowest BCUT2D eigenvalue weighted by molar-refractivity contribution is 0.628. The minimum absolute atomic E-state index is 0.260. The van der Waals surface area contributed by atoms with Crippen LogP contribution < -0.4 is 0 Å². The fourth-order valence-electron chi connectivity index (χ4n) is 2.18. The van der Waals surface area contributed by atoms with Gasteiger partial charge in [0.05, 0.1) is 11.4 Å². The lowest BCUT2D eigenvalue weighted by Crippen LogP contribution is -2.00. The first-order valence-corrected chi connectivity index (χ1v) is 9.58. The van der Waals surface area contributed by atoms with Gasteiger partial charge in [-0.3, -0.25) is 4.21 Å². The third kappa shape index (κ3) is 4.33. The van der Waals surface area contributed by atoms with Crippen LogP contribution in [0, 0.1) is 12.7 Å². The van der Waals surface area contributed by atoms with Gasteiger partial charge in [0.1, 0.15) is 10.8 Å². The molecule has 0 amide bonds. The Morgan fingerprint density at radius 2 is 1.74 bits per heavy atom. The molecule has 2 nitrogen and oxygen atoms in total. The molecule has 3 rings (SSSR count). The normalized spacial score (nSPS) is 12.3. The molecule has 0 N–H and O–H groups in total. The molecule has 0 spiro atoms. The molecular formula is C18H16FNOS2. The molecule has 0 aliphatic carbocycles. The van der Waals surface area contributed by atoms with Gasteiger partial charge in [-0.1, -0.05) is 29.8 Å². The average molecular weight is 345 g/mol. The van der Waals surface area contributed by atoms with Gasteiger partial charge in [0, 0.05) is 27.5 Å². The highest BCUT2D eigenvalue weighted by molar-refractivity contribution is 7.83. The number of rotatable bonds is 5. The van der Waals surface area contributed by atoms with E-state index in [2.05, 4.69) is 4.98 Å². The minimum atomic E-state index is -0.991. The van der Waals surface area contributed by atoms with Crippen LogP contribution in [0.4, 0.5) is 4.39 Å². The Hall–Kier alpha value is -1.85. The molecule has 3 aromatic rings. The Bertz CT molecular complexity index is 810. The lowest BCUT2D eigenvalue weighted by Gasteiger charge is -2.02. The van der Waals surface area contributed by atoms with Crippen LogP contribution in [0.25, 0.3) is 10.6 Å². The second-order valence-electron chi connectivity index (χ2n) is 5.36. The summed E-state index contributed by atoms with van der Waals surface area (Å²) in [5, 5.41) is 2.75. The average Bonchev–Trinajstić information content (AvgIpc) is 2.98. The van der Waals surface area contributed by atoms with E-state index < -0.39 is 10.8 Å². The maximum absolute atomic E-state index is 13.0. The molecule has 0 saturated carbocycles. The largest absolute Gasteiger partial charge is 0.259 e. The second-order valence-corrected chi connectivity index (χ2v) is 7.68. The zero-order chi connectivity index (χ0) is 16.2. The predicted octanol–water partition coefficient (Wildman–Crippen LogP) is 4.71. The van der Waals surface area contributed by atoms with Crippen molar-refractivity contribution in [2.45, 2.75) is 18.4 Å². The van der Waals surface area contributed by atoms with Gasteiger partial charge in [-0.2, -0.15) is 0 Å². The van der Waals surface area contributed by atoms with Gasteiger partial charge in [0.2, 0.25) is 0 Å². The topological polar surface area (TPSA) is 30.0 Å². The summed E-state index contributed by atoms with van der Waals surface area (Å²) < 4.78 is 25.2. The number of hydrogen-bond acceptors (Lipinski definition) is 3. The third-order valence-electron chi connectivity index (χ3n) is 3.40. The Labute approximate surface area is 141 Å². The van der Waals surface area contributed by atoms with E-state index in [1.807, 2.05) is 36.6 Å². The number of hydrogen-bond donors (Lipinski definition) is 0. The van der Waals surface area contributed by atoms with E-state index in [1.165, 1.54) is 29.0 Å². The standard InChI is InChI=1S/C18H16FNOS2/c1-13-2-4-14(5-3-13)11-23(21)12-17-10-22-18(20-17)15-6-8-16(19)9-7-15/h2-10H,11-12H2,1H3. The molecule has 0 fully saturated rings. The molecule has 0 radical (unpaired) electrons. The van der Waals surface area contributed by atoms with E-state index in [9.17, 15) is 8.60 Å². The fraction of sp³-hybridized carbons (Fsp3) is 0.167. The lowest BCUT2D eigenvalue weighted by atomic mass is 10.2. The Morgan fingerprint density at radius 1 is 1.04 bits per heavy atom. The summed E-state index contributed by atoms with van der Waals surface area (Å²) in [6.45, 7) is 2.03. The molecular weight excluding hydrogens is 329 g/mol. The van der Waals surface area contributed by atoms with Crippen molar-refractivity contribution in [3.05, 3.63) is 76.5 Å². The van der Waals surface area contributed by atoms with Crippen molar-refractivity contribution >= 4 is 22.1 Å². The Kier molecular flexibility index (Phi) is 4.98. The van der Waals surface area contributed by atoms with Crippen molar-refractivity contribution in [1.29, 1.82) is 0 Å². The number of thiazole rings is 1. The van der Waals surface area contributed by atoms with Crippen LogP contribution >= 0.6 is 11.3 Å². The van der Waals surface area contributed by atoms with E-state index in [4.69, 9.17) is 0 Å². The minimum Gasteiger partial charge on any atom is -0.259 e. The Balaban J connectivity index is 1.65. The van der Waals surface area contributed by atoms with Crippen LogP contribution in [0.2, 0.25) is 0 Å². The van der Waals surface area contributed by atoms with Gasteiger partial charge in [-0.25, -0.2) is 9.37 Å². The number of benzene rings is 2. The van der Waals surface area contributed by atoms with E-state index in [0.717, 1.165) is 21.8 Å². The van der Waals surface area contributed by atoms with Gasteiger partial charge in [0.15, 0.2) is 0 Å². The second kappa shape index (κ2) is 7.15. The molecule has 118 valence electrons. The number of aryl methyl sites for hydroxylation is 1. The number of halogens is 1. The first-order chi connectivity index (χ1) is 11.1. The zero-order valence-electron chi connectivity index (χ0n) is 12.7. The fourth-order valence-corrected chi connectivity index (χ4v) is 4.26. The van der Waals surface area contributed by atoms with Gasteiger partial charge < -0.3 is 0 Å². The third-order valence-corrected chi connectivity index (χ3v) is 5.61. The molecule has 0 aliphatic rings. The predicted molar refractivity (Wildman–Crippen MR) is 94.2 cm³/mol. The first-order valence-electron chi connectivity index (χ1n) is 7.21. The summed E-state index contributed by atoms with van der Waals surface area (Å²) in [5.41, 5.74) is 3.97.